The number of nitrogens with one attached hydrogen (secondary N) is 2. The molecule has 4 aromatic rings. The van der Waals surface area contributed by atoms with E-state index in [4.69, 9.17) is 4.74 Å². The van der Waals surface area contributed by atoms with Gasteiger partial charge in [0.15, 0.2) is 5.82 Å². The first-order valence-electron chi connectivity index (χ1n) is 11.7. The molecule has 0 radical (unpaired) electrons. The standard InChI is InChI=1S/C28H28N4O4S/c1-19-27(32-37(3,34)35)31-26(17-29-19)23-10-7-11-24(16-23)28(33)30-25-14-12-21(13-15-25)18-36-20(2)22-8-5-4-6-9-22/h4-17,20H,18H2,1-3H3,(H,30,33)(H,31,32). The van der Waals surface area contributed by atoms with E-state index < -0.39 is 10.0 Å². The number of anilines is 2. The van der Waals surface area contributed by atoms with Crippen molar-refractivity contribution in [3.05, 3.63) is 107 Å². The lowest BCUT2D eigenvalue weighted by Crippen LogP contribution is -2.13. The van der Waals surface area contributed by atoms with Crippen LogP contribution in [0.1, 0.15) is 40.2 Å². The van der Waals surface area contributed by atoms with Crippen molar-refractivity contribution in [1.29, 1.82) is 0 Å². The van der Waals surface area contributed by atoms with Crippen molar-refractivity contribution in [2.45, 2.75) is 26.6 Å². The summed E-state index contributed by atoms with van der Waals surface area (Å²) in [5.41, 5.74) is 4.74. The highest BCUT2D eigenvalue weighted by Gasteiger charge is 2.13. The minimum atomic E-state index is -3.50. The Labute approximate surface area is 216 Å². The third-order valence-electron chi connectivity index (χ3n) is 5.64. The van der Waals surface area contributed by atoms with Crippen LogP contribution < -0.4 is 10.0 Å². The van der Waals surface area contributed by atoms with Crippen LogP contribution in [0, 0.1) is 6.92 Å². The molecule has 0 saturated heterocycles. The largest absolute Gasteiger partial charge is 0.369 e. The number of rotatable bonds is 9. The van der Waals surface area contributed by atoms with Crippen LogP contribution >= 0.6 is 0 Å². The summed E-state index contributed by atoms with van der Waals surface area (Å²) in [7, 11) is -3.50. The molecule has 1 heterocycles. The van der Waals surface area contributed by atoms with Crippen molar-refractivity contribution in [1.82, 2.24) is 9.97 Å². The third-order valence-corrected chi connectivity index (χ3v) is 6.20. The summed E-state index contributed by atoms with van der Waals surface area (Å²) >= 11 is 0. The van der Waals surface area contributed by atoms with Gasteiger partial charge >= 0.3 is 0 Å². The van der Waals surface area contributed by atoms with E-state index in [1.807, 2.05) is 61.5 Å². The first-order valence-corrected chi connectivity index (χ1v) is 13.6. The number of nitrogens with zero attached hydrogens (tertiary/aromatic N) is 2. The lowest BCUT2D eigenvalue weighted by atomic mass is 10.1. The number of benzene rings is 3. The molecule has 1 atom stereocenters. The van der Waals surface area contributed by atoms with E-state index in [9.17, 15) is 13.2 Å². The number of hydrogen-bond acceptors (Lipinski definition) is 6. The molecule has 0 aliphatic carbocycles. The maximum Gasteiger partial charge on any atom is 0.255 e. The van der Waals surface area contributed by atoms with Gasteiger partial charge in [-0.05, 0) is 49.2 Å². The molecule has 0 fully saturated rings. The van der Waals surface area contributed by atoms with Gasteiger partial charge < -0.3 is 10.1 Å². The van der Waals surface area contributed by atoms with Crippen molar-refractivity contribution in [3.63, 3.8) is 0 Å². The zero-order valence-corrected chi connectivity index (χ0v) is 21.6. The molecule has 0 spiro atoms. The Balaban J connectivity index is 1.41. The van der Waals surface area contributed by atoms with Gasteiger partial charge in [-0.25, -0.2) is 13.4 Å². The van der Waals surface area contributed by atoms with Gasteiger partial charge in [0.2, 0.25) is 10.0 Å². The summed E-state index contributed by atoms with van der Waals surface area (Å²) in [6.07, 6.45) is 2.57. The average Bonchev–Trinajstić information content (AvgIpc) is 2.89. The van der Waals surface area contributed by atoms with Crippen molar-refractivity contribution >= 4 is 27.4 Å². The Hall–Kier alpha value is -4.08. The molecule has 8 nitrogen and oxygen atoms in total. The third kappa shape index (κ3) is 7.22. The van der Waals surface area contributed by atoms with Gasteiger partial charge in [0.05, 0.1) is 36.6 Å². The molecule has 1 aromatic heterocycles. The maximum atomic E-state index is 12.9. The molecule has 3 aromatic carbocycles. The van der Waals surface area contributed by atoms with Gasteiger partial charge in [-0.15, -0.1) is 0 Å². The predicted molar refractivity (Wildman–Crippen MR) is 145 cm³/mol. The Morgan fingerprint density at radius 3 is 2.43 bits per heavy atom. The summed E-state index contributed by atoms with van der Waals surface area (Å²) in [5, 5.41) is 2.90. The maximum absolute atomic E-state index is 12.9. The molecule has 4 rings (SSSR count). The molecule has 0 aliphatic rings. The molecule has 9 heteroatoms. The van der Waals surface area contributed by atoms with Crippen molar-refractivity contribution in [3.8, 4) is 11.3 Å². The minimum absolute atomic E-state index is 0.0238. The average molecular weight is 517 g/mol. The second kappa shape index (κ2) is 11.3. The summed E-state index contributed by atoms with van der Waals surface area (Å²) in [5.74, 6) is -0.129. The number of carbonyl (C=O) groups excluding carboxylic acids is 1. The Bertz CT molecular complexity index is 1490. The van der Waals surface area contributed by atoms with Gasteiger partial charge in [0.1, 0.15) is 0 Å². The summed E-state index contributed by atoms with van der Waals surface area (Å²) < 4.78 is 31.6. The summed E-state index contributed by atoms with van der Waals surface area (Å²) in [4.78, 5) is 21.5. The Kier molecular flexibility index (Phi) is 7.95. The van der Waals surface area contributed by atoms with Crippen molar-refractivity contribution in [2.75, 3.05) is 16.3 Å². The van der Waals surface area contributed by atoms with Gasteiger partial charge in [-0.3, -0.25) is 14.5 Å². The normalized spacial score (nSPS) is 12.1. The quantitative estimate of drug-likeness (QED) is 0.310. The molecule has 0 bridgehead atoms. The minimum Gasteiger partial charge on any atom is -0.369 e. The molecule has 0 aliphatic heterocycles. The monoisotopic (exact) mass is 516 g/mol. The van der Waals surface area contributed by atoms with Crippen LogP contribution in [-0.4, -0.2) is 30.5 Å². The van der Waals surface area contributed by atoms with Gasteiger partial charge in [-0.2, -0.15) is 0 Å². The fraction of sp³-hybridized carbons (Fsp3) is 0.179. The van der Waals surface area contributed by atoms with Gasteiger partial charge in [-0.1, -0.05) is 54.6 Å². The number of aryl methyl sites for hydroxylation is 1. The van der Waals surface area contributed by atoms with Crippen LogP contribution in [0.4, 0.5) is 11.5 Å². The lowest BCUT2D eigenvalue weighted by Gasteiger charge is -2.14. The molecular formula is C28H28N4O4S. The Morgan fingerprint density at radius 1 is 1.00 bits per heavy atom. The molecular weight excluding hydrogens is 488 g/mol. The predicted octanol–water partition coefficient (Wildman–Crippen LogP) is 5.35. The topological polar surface area (TPSA) is 110 Å². The highest BCUT2D eigenvalue weighted by molar-refractivity contribution is 7.92. The number of carbonyl (C=O) groups is 1. The lowest BCUT2D eigenvalue weighted by molar-refractivity contribution is 0.0526. The molecule has 1 amide bonds. The zero-order valence-electron chi connectivity index (χ0n) is 20.8. The fourth-order valence-electron chi connectivity index (χ4n) is 3.61. The second-order valence-electron chi connectivity index (χ2n) is 8.66. The smallest absolute Gasteiger partial charge is 0.255 e. The first-order chi connectivity index (χ1) is 17.7. The molecule has 2 N–H and O–H groups in total. The zero-order chi connectivity index (χ0) is 26.4. The number of hydrogen-bond donors (Lipinski definition) is 2. The Morgan fingerprint density at radius 2 is 1.73 bits per heavy atom. The van der Waals surface area contributed by atoms with Crippen molar-refractivity contribution < 1.29 is 17.9 Å². The SMILES string of the molecule is Cc1ncc(-c2cccc(C(=O)Nc3ccc(COC(C)c4ccccc4)cc3)c2)nc1NS(C)(=O)=O. The van der Waals surface area contributed by atoms with E-state index in [2.05, 4.69) is 20.0 Å². The van der Waals surface area contributed by atoms with Crippen molar-refractivity contribution in [2.24, 2.45) is 0 Å². The van der Waals surface area contributed by atoms with E-state index in [1.165, 1.54) is 0 Å². The first kappa shape index (κ1) is 26.0. The molecule has 0 saturated carbocycles. The molecule has 1 unspecified atom stereocenters. The van der Waals surface area contributed by atoms with Gasteiger partial charge in [0, 0.05) is 16.8 Å². The summed E-state index contributed by atoms with van der Waals surface area (Å²) in [6, 6.07) is 24.4. The van der Waals surface area contributed by atoms with E-state index in [0.717, 1.165) is 17.4 Å². The van der Waals surface area contributed by atoms with E-state index in [0.29, 0.717) is 34.8 Å². The second-order valence-corrected chi connectivity index (χ2v) is 10.4. The van der Waals surface area contributed by atoms with Crippen LogP contribution in [-0.2, 0) is 21.4 Å². The van der Waals surface area contributed by atoms with E-state index in [-0.39, 0.29) is 17.8 Å². The number of ether oxygens (including phenoxy) is 1. The highest BCUT2D eigenvalue weighted by Crippen LogP contribution is 2.23. The number of sulfonamides is 1. The van der Waals surface area contributed by atoms with Gasteiger partial charge in [0.25, 0.3) is 5.91 Å². The fourth-order valence-corrected chi connectivity index (χ4v) is 4.15. The highest BCUT2D eigenvalue weighted by atomic mass is 32.2. The number of amides is 1. The van der Waals surface area contributed by atoms with Crippen LogP contribution in [0.2, 0.25) is 0 Å². The van der Waals surface area contributed by atoms with Crippen LogP contribution in [0.15, 0.2) is 85.1 Å². The molecule has 37 heavy (non-hydrogen) atoms. The van der Waals surface area contributed by atoms with Crippen LogP contribution in [0.5, 0.6) is 0 Å². The van der Waals surface area contributed by atoms with E-state index >= 15 is 0 Å². The molecule has 190 valence electrons. The van der Waals surface area contributed by atoms with E-state index in [1.54, 1.807) is 37.4 Å². The number of aromatic nitrogens is 2. The van der Waals surface area contributed by atoms with Crippen LogP contribution in [0.25, 0.3) is 11.3 Å². The van der Waals surface area contributed by atoms with Crippen LogP contribution in [0.3, 0.4) is 0 Å². The summed E-state index contributed by atoms with van der Waals surface area (Å²) in [6.45, 7) is 4.14.